The SMILES string of the molecule is CC(C)C[C@@H](C(=O)O)N(C)S(=O)(=O)c1ccc([N+](=O)[O-])cc1. The molecule has 0 radical (unpaired) electrons. The van der Waals surface area contributed by atoms with E-state index in [2.05, 4.69) is 0 Å². The first-order chi connectivity index (χ1) is 10.1. The van der Waals surface area contributed by atoms with Gasteiger partial charge in [0, 0.05) is 19.2 Å². The number of nitrogens with zero attached hydrogens (tertiary/aromatic N) is 2. The fourth-order valence-corrected chi connectivity index (χ4v) is 3.25. The van der Waals surface area contributed by atoms with Crippen LogP contribution in [0.15, 0.2) is 29.2 Å². The number of nitro benzene ring substituents is 1. The van der Waals surface area contributed by atoms with E-state index in [-0.39, 0.29) is 22.9 Å². The zero-order chi connectivity index (χ0) is 17.1. The van der Waals surface area contributed by atoms with Crippen molar-refractivity contribution >= 4 is 21.7 Å². The predicted molar refractivity (Wildman–Crippen MR) is 78.9 cm³/mol. The molecule has 1 aromatic carbocycles. The van der Waals surface area contributed by atoms with Crippen LogP contribution < -0.4 is 0 Å². The highest BCUT2D eigenvalue weighted by molar-refractivity contribution is 7.89. The smallest absolute Gasteiger partial charge is 0.322 e. The lowest BCUT2D eigenvalue weighted by Crippen LogP contribution is -2.43. The normalized spacial score (nSPS) is 13.3. The monoisotopic (exact) mass is 330 g/mol. The van der Waals surface area contributed by atoms with Gasteiger partial charge in [-0.3, -0.25) is 14.9 Å². The van der Waals surface area contributed by atoms with Crippen molar-refractivity contribution in [2.45, 2.75) is 31.2 Å². The second-order valence-electron chi connectivity index (χ2n) is 5.26. The molecule has 0 amide bonds. The highest BCUT2D eigenvalue weighted by atomic mass is 32.2. The zero-order valence-electron chi connectivity index (χ0n) is 12.5. The summed E-state index contributed by atoms with van der Waals surface area (Å²) in [5, 5.41) is 19.8. The summed E-state index contributed by atoms with van der Waals surface area (Å²) in [6, 6.07) is 3.13. The Labute approximate surface area is 128 Å². The number of sulfonamides is 1. The number of non-ortho nitro benzene ring substituents is 1. The van der Waals surface area contributed by atoms with Crippen molar-refractivity contribution in [3.63, 3.8) is 0 Å². The Balaban J connectivity index is 3.15. The van der Waals surface area contributed by atoms with Crippen LogP contribution in [0.25, 0.3) is 0 Å². The zero-order valence-corrected chi connectivity index (χ0v) is 13.3. The molecule has 0 saturated carbocycles. The molecule has 0 bridgehead atoms. The van der Waals surface area contributed by atoms with Gasteiger partial charge < -0.3 is 5.11 Å². The summed E-state index contributed by atoms with van der Waals surface area (Å²) in [7, 11) is -2.85. The number of benzene rings is 1. The van der Waals surface area contributed by atoms with Crippen LogP contribution in [0.2, 0.25) is 0 Å². The fraction of sp³-hybridized carbons (Fsp3) is 0.462. The van der Waals surface area contributed by atoms with Gasteiger partial charge in [-0.1, -0.05) is 13.8 Å². The third-order valence-electron chi connectivity index (χ3n) is 3.14. The number of rotatable bonds is 7. The summed E-state index contributed by atoms with van der Waals surface area (Å²) in [6.45, 7) is 3.59. The molecule has 122 valence electrons. The van der Waals surface area contributed by atoms with E-state index in [1.807, 2.05) is 0 Å². The Morgan fingerprint density at radius 3 is 2.18 bits per heavy atom. The molecule has 1 aromatic rings. The van der Waals surface area contributed by atoms with Crippen molar-refractivity contribution < 1.29 is 23.2 Å². The lowest BCUT2D eigenvalue weighted by molar-refractivity contribution is -0.384. The topological polar surface area (TPSA) is 118 Å². The number of likely N-dealkylation sites (N-methyl/N-ethyl adjacent to an activating group) is 1. The van der Waals surface area contributed by atoms with Gasteiger partial charge in [0.25, 0.3) is 5.69 Å². The molecule has 1 N–H and O–H groups in total. The second-order valence-corrected chi connectivity index (χ2v) is 7.25. The number of nitro groups is 1. The van der Waals surface area contributed by atoms with E-state index in [1.165, 1.54) is 7.05 Å². The van der Waals surface area contributed by atoms with Gasteiger partial charge in [-0.15, -0.1) is 0 Å². The second kappa shape index (κ2) is 6.84. The summed E-state index contributed by atoms with van der Waals surface area (Å²) in [6.07, 6.45) is 0.165. The van der Waals surface area contributed by atoms with E-state index in [1.54, 1.807) is 13.8 Å². The number of hydrogen-bond donors (Lipinski definition) is 1. The maximum atomic E-state index is 12.4. The molecule has 0 aromatic heterocycles. The first kappa shape index (κ1) is 18.1. The minimum absolute atomic E-state index is 0.00406. The van der Waals surface area contributed by atoms with Crippen molar-refractivity contribution in [3.8, 4) is 0 Å². The quantitative estimate of drug-likeness (QED) is 0.600. The molecule has 22 heavy (non-hydrogen) atoms. The molecular formula is C13H18N2O6S. The molecule has 0 saturated heterocycles. The van der Waals surface area contributed by atoms with Crippen LogP contribution in [-0.2, 0) is 14.8 Å². The van der Waals surface area contributed by atoms with E-state index < -0.39 is 27.0 Å². The van der Waals surface area contributed by atoms with Crippen LogP contribution in [-0.4, -0.2) is 41.8 Å². The van der Waals surface area contributed by atoms with E-state index in [0.29, 0.717) is 0 Å². The van der Waals surface area contributed by atoms with Crippen LogP contribution in [0.1, 0.15) is 20.3 Å². The Bertz CT molecular complexity index is 654. The molecule has 9 heteroatoms. The molecule has 8 nitrogen and oxygen atoms in total. The van der Waals surface area contributed by atoms with Crippen molar-refractivity contribution in [2.75, 3.05) is 7.05 Å². The number of aliphatic carboxylic acids is 1. The van der Waals surface area contributed by atoms with Gasteiger partial charge in [0.05, 0.1) is 9.82 Å². The van der Waals surface area contributed by atoms with E-state index in [0.717, 1.165) is 28.6 Å². The summed E-state index contributed by atoms with van der Waals surface area (Å²) in [5.41, 5.74) is -0.237. The Hall–Kier alpha value is -2.00. The maximum Gasteiger partial charge on any atom is 0.322 e. The Kier molecular flexibility index (Phi) is 5.61. The average Bonchev–Trinajstić information content (AvgIpc) is 2.43. The molecule has 0 unspecified atom stereocenters. The minimum atomic E-state index is -4.04. The van der Waals surface area contributed by atoms with E-state index in [9.17, 15) is 28.4 Å². The first-order valence-corrected chi connectivity index (χ1v) is 7.96. The van der Waals surface area contributed by atoms with Crippen molar-refractivity contribution in [3.05, 3.63) is 34.4 Å². The van der Waals surface area contributed by atoms with Crippen LogP contribution in [0.4, 0.5) is 5.69 Å². The van der Waals surface area contributed by atoms with Gasteiger partial charge in [0.15, 0.2) is 0 Å². The molecule has 0 aliphatic heterocycles. The summed E-state index contributed by atoms with van der Waals surface area (Å²) in [5.74, 6) is -1.24. The third kappa shape index (κ3) is 4.01. The lowest BCUT2D eigenvalue weighted by atomic mass is 10.0. The van der Waals surface area contributed by atoms with Crippen molar-refractivity contribution in [1.82, 2.24) is 4.31 Å². The predicted octanol–water partition coefficient (Wildman–Crippen LogP) is 1.71. The van der Waals surface area contributed by atoms with Gasteiger partial charge in [0.1, 0.15) is 6.04 Å². The first-order valence-electron chi connectivity index (χ1n) is 6.52. The fourth-order valence-electron chi connectivity index (χ4n) is 1.92. The lowest BCUT2D eigenvalue weighted by Gasteiger charge is -2.25. The van der Waals surface area contributed by atoms with Crippen molar-refractivity contribution in [2.24, 2.45) is 5.92 Å². The third-order valence-corrected chi connectivity index (χ3v) is 5.02. The van der Waals surface area contributed by atoms with Crippen LogP contribution in [0, 0.1) is 16.0 Å². The van der Waals surface area contributed by atoms with Gasteiger partial charge in [-0.05, 0) is 24.5 Å². The number of carbonyl (C=O) groups is 1. The minimum Gasteiger partial charge on any atom is -0.480 e. The molecule has 1 atom stereocenters. The van der Waals surface area contributed by atoms with Gasteiger partial charge in [-0.25, -0.2) is 8.42 Å². The maximum absolute atomic E-state index is 12.4. The molecule has 0 aliphatic carbocycles. The van der Waals surface area contributed by atoms with Gasteiger partial charge in [-0.2, -0.15) is 4.31 Å². The Morgan fingerprint density at radius 1 is 1.32 bits per heavy atom. The standard InChI is InChI=1S/C13H18N2O6S/c1-9(2)8-12(13(16)17)14(3)22(20,21)11-6-4-10(5-7-11)15(18)19/h4-7,9,12H,8H2,1-3H3,(H,16,17)/t12-/m0/s1. The number of carboxylic acid groups (broad SMARTS) is 1. The molecule has 0 fully saturated rings. The summed E-state index contributed by atoms with van der Waals surface area (Å²) >= 11 is 0. The number of carboxylic acids is 1. The van der Waals surface area contributed by atoms with Crippen LogP contribution in [0.3, 0.4) is 0 Å². The summed E-state index contributed by atoms with van der Waals surface area (Å²) in [4.78, 5) is 21.1. The largest absolute Gasteiger partial charge is 0.480 e. The van der Waals surface area contributed by atoms with Gasteiger partial charge in [0.2, 0.25) is 10.0 Å². The van der Waals surface area contributed by atoms with Crippen molar-refractivity contribution in [1.29, 1.82) is 0 Å². The van der Waals surface area contributed by atoms with Crippen LogP contribution in [0.5, 0.6) is 0 Å². The van der Waals surface area contributed by atoms with Gasteiger partial charge >= 0.3 is 5.97 Å². The Morgan fingerprint density at radius 2 is 1.82 bits per heavy atom. The van der Waals surface area contributed by atoms with E-state index >= 15 is 0 Å². The highest BCUT2D eigenvalue weighted by Crippen LogP contribution is 2.22. The average molecular weight is 330 g/mol. The molecule has 0 aliphatic rings. The van der Waals surface area contributed by atoms with Crippen LogP contribution >= 0.6 is 0 Å². The molecule has 0 heterocycles. The molecular weight excluding hydrogens is 312 g/mol. The number of hydrogen-bond acceptors (Lipinski definition) is 5. The highest BCUT2D eigenvalue weighted by Gasteiger charge is 2.33. The molecule has 1 rings (SSSR count). The van der Waals surface area contributed by atoms with E-state index in [4.69, 9.17) is 0 Å². The summed E-state index contributed by atoms with van der Waals surface area (Å²) < 4.78 is 25.7. The molecule has 0 spiro atoms.